The van der Waals surface area contributed by atoms with E-state index in [0.717, 1.165) is 16.7 Å². The molecule has 162 valence electrons. The summed E-state index contributed by atoms with van der Waals surface area (Å²) in [7, 11) is 0. The summed E-state index contributed by atoms with van der Waals surface area (Å²) in [5.74, 6) is -1.10. The van der Waals surface area contributed by atoms with Crippen LogP contribution in [0.1, 0.15) is 27.0 Å². The SMILES string of the molecule is Cc1ccc(-c2cc(C(=O)OCC(=O)Nc3cccc(C#N)c3)c3ccccc3n2)c(C)c1. The van der Waals surface area contributed by atoms with Crippen molar-refractivity contribution in [3.8, 4) is 17.3 Å². The van der Waals surface area contributed by atoms with Crippen molar-refractivity contribution in [3.05, 3.63) is 95.1 Å². The predicted molar refractivity (Wildman–Crippen MR) is 127 cm³/mol. The number of rotatable bonds is 5. The Kier molecular flexibility index (Phi) is 6.14. The molecule has 0 fully saturated rings. The number of hydrogen-bond donors (Lipinski definition) is 1. The topological polar surface area (TPSA) is 92.1 Å². The number of esters is 1. The van der Waals surface area contributed by atoms with E-state index in [0.29, 0.717) is 33.4 Å². The van der Waals surface area contributed by atoms with Crippen molar-refractivity contribution < 1.29 is 14.3 Å². The number of hydrogen-bond acceptors (Lipinski definition) is 5. The smallest absolute Gasteiger partial charge is 0.339 e. The van der Waals surface area contributed by atoms with Crippen LogP contribution >= 0.6 is 0 Å². The van der Waals surface area contributed by atoms with Gasteiger partial charge in [0.05, 0.1) is 28.4 Å². The summed E-state index contributed by atoms with van der Waals surface area (Å²) >= 11 is 0. The Labute approximate surface area is 191 Å². The molecule has 0 unspecified atom stereocenters. The molecule has 0 saturated heterocycles. The zero-order valence-electron chi connectivity index (χ0n) is 18.3. The molecule has 1 heterocycles. The number of carbonyl (C=O) groups excluding carboxylic acids is 2. The molecule has 0 atom stereocenters. The highest BCUT2D eigenvalue weighted by Crippen LogP contribution is 2.28. The highest BCUT2D eigenvalue weighted by Gasteiger charge is 2.17. The monoisotopic (exact) mass is 435 g/mol. The van der Waals surface area contributed by atoms with Gasteiger partial charge in [0, 0.05) is 16.6 Å². The molecule has 4 aromatic rings. The number of benzene rings is 3. The number of nitrogens with one attached hydrogen (secondary N) is 1. The van der Waals surface area contributed by atoms with Gasteiger partial charge in [0.1, 0.15) is 0 Å². The number of ether oxygens (including phenoxy) is 1. The standard InChI is InChI=1S/C27H21N3O3/c1-17-10-11-21(18(2)12-17)25-14-23(22-8-3-4-9-24(22)30-25)27(32)33-16-26(31)29-20-7-5-6-19(13-20)15-28/h3-14H,16H2,1-2H3,(H,29,31). The summed E-state index contributed by atoms with van der Waals surface area (Å²) in [6.07, 6.45) is 0. The fraction of sp³-hybridized carbons (Fsp3) is 0.111. The highest BCUT2D eigenvalue weighted by atomic mass is 16.5. The molecule has 0 aliphatic heterocycles. The van der Waals surface area contributed by atoms with Crippen LogP contribution in [0, 0.1) is 25.2 Å². The molecule has 0 saturated carbocycles. The summed E-state index contributed by atoms with van der Waals surface area (Å²) < 4.78 is 5.32. The Morgan fingerprint density at radius 1 is 1.00 bits per heavy atom. The van der Waals surface area contributed by atoms with E-state index in [9.17, 15) is 9.59 Å². The second-order valence-electron chi connectivity index (χ2n) is 7.71. The lowest BCUT2D eigenvalue weighted by Gasteiger charge is -2.12. The molecule has 1 aromatic heterocycles. The second kappa shape index (κ2) is 9.33. The summed E-state index contributed by atoms with van der Waals surface area (Å²) in [5, 5.41) is 12.3. The first-order valence-corrected chi connectivity index (χ1v) is 10.4. The fourth-order valence-corrected chi connectivity index (χ4v) is 3.66. The number of fused-ring (bicyclic) bond motifs is 1. The molecular weight excluding hydrogens is 414 g/mol. The van der Waals surface area contributed by atoms with Crippen LogP contribution in [0.15, 0.2) is 72.8 Å². The summed E-state index contributed by atoms with van der Waals surface area (Å²) in [6, 6.07) is 23.6. The summed E-state index contributed by atoms with van der Waals surface area (Å²) in [6.45, 7) is 3.57. The van der Waals surface area contributed by atoms with Gasteiger partial charge in [-0.05, 0) is 49.7 Å². The Hall–Kier alpha value is -4.50. The van der Waals surface area contributed by atoms with Gasteiger partial charge in [0.15, 0.2) is 6.61 Å². The lowest BCUT2D eigenvalue weighted by atomic mass is 9.99. The van der Waals surface area contributed by atoms with Gasteiger partial charge in [-0.2, -0.15) is 5.26 Å². The third-order valence-corrected chi connectivity index (χ3v) is 5.20. The number of nitrogens with zero attached hydrogens (tertiary/aromatic N) is 2. The van der Waals surface area contributed by atoms with Crippen molar-refractivity contribution in [2.24, 2.45) is 0 Å². The summed E-state index contributed by atoms with van der Waals surface area (Å²) in [5.41, 5.74) is 5.67. The van der Waals surface area contributed by atoms with Gasteiger partial charge in [0.25, 0.3) is 5.91 Å². The van der Waals surface area contributed by atoms with Crippen molar-refractivity contribution in [1.82, 2.24) is 4.98 Å². The predicted octanol–water partition coefficient (Wildman–Crippen LogP) is 5.19. The molecule has 0 bridgehead atoms. The van der Waals surface area contributed by atoms with E-state index in [4.69, 9.17) is 15.0 Å². The average Bonchev–Trinajstić information content (AvgIpc) is 2.82. The molecule has 0 aliphatic rings. The zero-order valence-corrected chi connectivity index (χ0v) is 18.3. The number of aryl methyl sites for hydroxylation is 2. The number of amides is 1. The van der Waals surface area contributed by atoms with E-state index in [-0.39, 0.29) is 0 Å². The average molecular weight is 435 g/mol. The van der Waals surface area contributed by atoms with Crippen molar-refractivity contribution in [2.75, 3.05) is 11.9 Å². The maximum absolute atomic E-state index is 13.0. The summed E-state index contributed by atoms with van der Waals surface area (Å²) in [4.78, 5) is 30.0. The lowest BCUT2D eigenvalue weighted by Crippen LogP contribution is -2.21. The van der Waals surface area contributed by atoms with Gasteiger partial charge >= 0.3 is 5.97 Å². The maximum atomic E-state index is 13.0. The second-order valence-corrected chi connectivity index (χ2v) is 7.71. The maximum Gasteiger partial charge on any atom is 0.339 e. The third kappa shape index (κ3) is 4.89. The minimum atomic E-state index is -0.611. The van der Waals surface area contributed by atoms with Crippen molar-refractivity contribution in [3.63, 3.8) is 0 Å². The van der Waals surface area contributed by atoms with Crippen LogP contribution < -0.4 is 5.32 Å². The number of pyridine rings is 1. The minimum Gasteiger partial charge on any atom is -0.452 e. The van der Waals surface area contributed by atoms with Gasteiger partial charge in [-0.15, -0.1) is 0 Å². The van der Waals surface area contributed by atoms with Crippen LogP contribution in [0.25, 0.3) is 22.2 Å². The molecule has 0 aliphatic carbocycles. The van der Waals surface area contributed by atoms with Gasteiger partial charge in [-0.1, -0.05) is 48.0 Å². The van der Waals surface area contributed by atoms with Gasteiger partial charge in [-0.3, -0.25) is 4.79 Å². The Morgan fingerprint density at radius 2 is 1.82 bits per heavy atom. The quantitative estimate of drug-likeness (QED) is 0.436. The van der Waals surface area contributed by atoms with Crippen molar-refractivity contribution in [2.45, 2.75) is 13.8 Å². The molecular formula is C27H21N3O3. The van der Waals surface area contributed by atoms with E-state index >= 15 is 0 Å². The molecule has 33 heavy (non-hydrogen) atoms. The number of para-hydroxylation sites is 1. The number of carbonyl (C=O) groups is 2. The Bertz CT molecular complexity index is 1420. The lowest BCUT2D eigenvalue weighted by molar-refractivity contribution is -0.119. The van der Waals surface area contributed by atoms with Crippen LogP contribution in [-0.4, -0.2) is 23.5 Å². The van der Waals surface area contributed by atoms with E-state index in [1.165, 1.54) is 0 Å². The molecule has 4 rings (SSSR count). The largest absolute Gasteiger partial charge is 0.452 e. The van der Waals surface area contributed by atoms with E-state index in [1.807, 2.05) is 50.2 Å². The van der Waals surface area contributed by atoms with Crippen molar-refractivity contribution in [1.29, 1.82) is 5.26 Å². The fourth-order valence-electron chi connectivity index (χ4n) is 3.66. The van der Waals surface area contributed by atoms with Crippen molar-refractivity contribution >= 4 is 28.5 Å². The number of aromatic nitrogens is 1. The first-order valence-electron chi connectivity index (χ1n) is 10.4. The van der Waals surface area contributed by atoms with Crippen LogP contribution in [-0.2, 0) is 9.53 Å². The molecule has 0 spiro atoms. The van der Waals surface area contributed by atoms with Crippen LogP contribution in [0.3, 0.4) is 0 Å². The van der Waals surface area contributed by atoms with E-state index in [2.05, 4.69) is 11.4 Å². The minimum absolute atomic E-state index is 0.342. The van der Waals surface area contributed by atoms with Crippen LogP contribution in [0.5, 0.6) is 0 Å². The molecule has 3 aromatic carbocycles. The van der Waals surface area contributed by atoms with Crippen LogP contribution in [0.2, 0.25) is 0 Å². The van der Waals surface area contributed by atoms with Gasteiger partial charge < -0.3 is 10.1 Å². The Balaban J connectivity index is 1.58. The highest BCUT2D eigenvalue weighted by molar-refractivity contribution is 6.05. The Morgan fingerprint density at radius 3 is 2.61 bits per heavy atom. The zero-order chi connectivity index (χ0) is 23.4. The number of anilines is 1. The van der Waals surface area contributed by atoms with Gasteiger partial charge in [0.2, 0.25) is 0 Å². The third-order valence-electron chi connectivity index (χ3n) is 5.20. The number of nitriles is 1. The molecule has 1 amide bonds. The van der Waals surface area contributed by atoms with Crippen LogP contribution in [0.4, 0.5) is 5.69 Å². The van der Waals surface area contributed by atoms with E-state index < -0.39 is 18.5 Å². The normalized spacial score (nSPS) is 10.5. The molecule has 6 heteroatoms. The first-order chi connectivity index (χ1) is 15.9. The first kappa shape index (κ1) is 21.7. The molecule has 0 radical (unpaired) electrons. The molecule has 1 N–H and O–H groups in total. The van der Waals surface area contributed by atoms with Gasteiger partial charge in [-0.25, -0.2) is 9.78 Å². The van der Waals surface area contributed by atoms with E-state index in [1.54, 1.807) is 36.4 Å². The molecule has 6 nitrogen and oxygen atoms in total.